The van der Waals surface area contributed by atoms with Crippen molar-refractivity contribution < 1.29 is 14.1 Å². The molecule has 138 valence electrons. The Kier molecular flexibility index (Phi) is 4.14. The molecule has 0 atom stereocenters. The molecular weight excluding hydrogens is 328 g/mol. The van der Waals surface area contributed by atoms with Crippen molar-refractivity contribution >= 4 is 5.97 Å². The number of carbonyl (C=O) groups is 1. The lowest BCUT2D eigenvalue weighted by Crippen LogP contribution is -2.51. The van der Waals surface area contributed by atoms with Gasteiger partial charge in [-0.3, -0.25) is 9.69 Å². The number of fused-ring (bicyclic) bond motifs is 3. The molecule has 0 bridgehead atoms. The van der Waals surface area contributed by atoms with Gasteiger partial charge in [0.15, 0.2) is 5.76 Å². The molecule has 1 aliphatic carbocycles. The second kappa shape index (κ2) is 6.23. The molecule has 1 fully saturated rings. The van der Waals surface area contributed by atoms with Crippen molar-refractivity contribution in [3.63, 3.8) is 0 Å². The molecule has 4 rings (SSSR count). The molecule has 5 heteroatoms. The smallest absolute Gasteiger partial charge is 0.312 e. The number of aromatic nitrogens is 1. The maximum absolute atomic E-state index is 12.1. The van der Waals surface area contributed by atoms with Crippen LogP contribution >= 0.6 is 0 Å². The van der Waals surface area contributed by atoms with Crippen LogP contribution < -0.4 is 0 Å². The van der Waals surface area contributed by atoms with E-state index in [9.17, 15) is 4.79 Å². The lowest BCUT2D eigenvalue weighted by atomic mass is 9.88. The molecule has 1 aliphatic heterocycles. The molecule has 26 heavy (non-hydrogen) atoms. The first-order valence-electron chi connectivity index (χ1n) is 9.33. The Morgan fingerprint density at radius 3 is 2.81 bits per heavy atom. The first kappa shape index (κ1) is 17.3. The molecule has 0 spiro atoms. The van der Waals surface area contributed by atoms with Gasteiger partial charge in [0.05, 0.1) is 11.6 Å². The summed E-state index contributed by atoms with van der Waals surface area (Å²) in [6, 6.07) is 6.59. The molecule has 1 aromatic heterocycles. The molecule has 5 nitrogen and oxygen atoms in total. The summed E-state index contributed by atoms with van der Waals surface area (Å²) in [5.74, 6) is 0.864. The van der Waals surface area contributed by atoms with Crippen LogP contribution in [-0.2, 0) is 28.9 Å². The van der Waals surface area contributed by atoms with Crippen LogP contribution in [0.15, 0.2) is 22.7 Å². The molecule has 2 heterocycles. The van der Waals surface area contributed by atoms with Gasteiger partial charge in [-0.05, 0) is 51.7 Å². The largest absolute Gasteiger partial charge is 0.460 e. The fraction of sp³-hybridized carbons (Fsp3) is 0.524. The number of esters is 1. The molecule has 0 unspecified atom stereocenters. The van der Waals surface area contributed by atoms with E-state index in [0.717, 1.165) is 43.9 Å². The van der Waals surface area contributed by atoms with Crippen LogP contribution in [0.2, 0.25) is 0 Å². The number of nitrogens with zero attached hydrogens (tertiary/aromatic N) is 2. The van der Waals surface area contributed by atoms with Gasteiger partial charge in [-0.25, -0.2) is 0 Å². The number of ether oxygens (including phenoxy) is 1. The number of hydrogen-bond donors (Lipinski definition) is 0. The van der Waals surface area contributed by atoms with E-state index >= 15 is 0 Å². The molecule has 0 radical (unpaired) electrons. The van der Waals surface area contributed by atoms with Crippen LogP contribution in [-0.4, -0.2) is 34.7 Å². The third-order valence-electron chi connectivity index (χ3n) is 5.15. The molecule has 1 aromatic carbocycles. The van der Waals surface area contributed by atoms with Gasteiger partial charge in [0, 0.05) is 30.8 Å². The Morgan fingerprint density at radius 1 is 1.31 bits per heavy atom. The predicted molar refractivity (Wildman–Crippen MR) is 98.7 cm³/mol. The zero-order chi connectivity index (χ0) is 18.5. The first-order chi connectivity index (χ1) is 12.3. The third kappa shape index (κ3) is 3.28. The number of benzene rings is 1. The van der Waals surface area contributed by atoms with Crippen molar-refractivity contribution in [3.8, 4) is 11.3 Å². The summed E-state index contributed by atoms with van der Waals surface area (Å²) < 4.78 is 11.0. The van der Waals surface area contributed by atoms with E-state index in [4.69, 9.17) is 9.26 Å². The zero-order valence-corrected chi connectivity index (χ0v) is 16.0. The average molecular weight is 354 g/mol. The van der Waals surface area contributed by atoms with Crippen molar-refractivity contribution in [1.82, 2.24) is 10.1 Å². The third-order valence-corrected chi connectivity index (χ3v) is 5.15. The van der Waals surface area contributed by atoms with Gasteiger partial charge in [-0.1, -0.05) is 23.4 Å². The summed E-state index contributed by atoms with van der Waals surface area (Å²) in [4.78, 5) is 14.4. The summed E-state index contributed by atoms with van der Waals surface area (Å²) in [6.07, 6.45) is 2.02. The maximum atomic E-state index is 12.1. The Morgan fingerprint density at radius 2 is 2.08 bits per heavy atom. The van der Waals surface area contributed by atoms with E-state index in [0.29, 0.717) is 0 Å². The van der Waals surface area contributed by atoms with Gasteiger partial charge in [-0.2, -0.15) is 0 Å². The maximum Gasteiger partial charge on any atom is 0.312 e. The highest BCUT2D eigenvalue weighted by Crippen LogP contribution is 2.36. The highest BCUT2D eigenvalue weighted by Gasteiger charge is 2.35. The van der Waals surface area contributed by atoms with Gasteiger partial charge in [0.25, 0.3) is 0 Å². The topological polar surface area (TPSA) is 55.6 Å². The number of likely N-dealkylation sites (tertiary alicyclic amines) is 1. The summed E-state index contributed by atoms with van der Waals surface area (Å²) in [7, 11) is 0. The number of aryl methyl sites for hydroxylation is 2. The quantitative estimate of drug-likeness (QED) is 0.790. The average Bonchev–Trinajstić information content (AvgIpc) is 2.90. The summed E-state index contributed by atoms with van der Waals surface area (Å²) >= 11 is 0. The van der Waals surface area contributed by atoms with Crippen LogP contribution in [0, 0.1) is 12.8 Å². The van der Waals surface area contributed by atoms with Crippen LogP contribution in [0.3, 0.4) is 0 Å². The van der Waals surface area contributed by atoms with Crippen molar-refractivity contribution in [2.45, 2.75) is 52.7 Å². The van der Waals surface area contributed by atoms with E-state index < -0.39 is 5.60 Å². The monoisotopic (exact) mass is 354 g/mol. The summed E-state index contributed by atoms with van der Waals surface area (Å²) in [5, 5.41) is 4.11. The van der Waals surface area contributed by atoms with E-state index in [1.165, 1.54) is 22.3 Å². The van der Waals surface area contributed by atoms with Crippen LogP contribution in [0.4, 0.5) is 0 Å². The van der Waals surface area contributed by atoms with Crippen LogP contribution in [0.25, 0.3) is 11.3 Å². The number of hydrogen-bond acceptors (Lipinski definition) is 5. The minimum absolute atomic E-state index is 0.00609. The number of carbonyl (C=O) groups excluding carboxylic acids is 1. The molecule has 2 aromatic rings. The first-order valence-corrected chi connectivity index (χ1v) is 9.33. The molecule has 2 aliphatic rings. The molecule has 0 amide bonds. The fourth-order valence-corrected chi connectivity index (χ4v) is 3.82. The normalized spacial score (nSPS) is 17.4. The Hall–Kier alpha value is -2.14. The summed E-state index contributed by atoms with van der Waals surface area (Å²) in [5.41, 5.74) is 5.62. The van der Waals surface area contributed by atoms with Crippen LogP contribution in [0.1, 0.15) is 43.2 Å². The SMILES string of the molecule is Cc1noc2c1CCc1cc(CN3CC(C(=O)OC(C)(C)C)C3)ccc1-2. The Labute approximate surface area is 154 Å². The van der Waals surface area contributed by atoms with E-state index in [1.54, 1.807) is 0 Å². The van der Waals surface area contributed by atoms with Crippen molar-refractivity contribution in [2.75, 3.05) is 13.1 Å². The lowest BCUT2D eigenvalue weighted by Gasteiger charge is -2.39. The second-order valence-corrected chi connectivity index (χ2v) is 8.49. The molecule has 0 N–H and O–H groups in total. The van der Waals surface area contributed by atoms with Gasteiger partial charge < -0.3 is 9.26 Å². The highest BCUT2D eigenvalue weighted by molar-refractivity contribution is 5.74. The Bertz CT molecular complexity index is 841. The van der Waals surface area contributed by atoms with E-state index in [-0.39, 0.29) is 11.9 Å². The minimum Gasteiger partial charge on any atom is -0.460 e. The van der Waals surface area contributed by atoms with Crippen molar-refractivity contribution in [1.29, 1.82) is 0 Å². The van der Waals surface area contributed by atoms with Gasteiger partial charge in [0.2, 0.25) is 0 Å². The zero-order valence-electron chi connectivity index (χ0n) is 16.0. The van der Waals surface area contributed by atoms with Gasteiger partial charge >= 0.3 is 5.97 Å². The second-order valence-electron chi connectivity index (χ2n) is 8.49. The number of rotatable bonds is 3. The van der Waals surface area contributed by atoms with Gasteiger partial charge in [0.1, 0.15) is 5.60 Å². The van der Waals surface area contributed by atoms with Crippen molar-refractivity contribution in [3.05, 3.63) is 40.6 Å². The van der Waals surface area contributed by atoms with Gasteiger partial charge in [-0.15, -0.1) is 0 Å². The van der Waals surface area contributed by atoms with Crippen LogP contribution in [0.5, 0.6) is 0 Å². The molecular formula is C21H26N2O3. The molecule has 1 saturated heterocycles. The standard InChI is InChI=1S/C21H26N2O3/c1-13-17-8-6-15-9-14(5-7-18(15)19(17)26-22-13)10-23-11-16(12-23)20(24)25-21(2,3)4/h5,7,9,16H,6,8,10-12H2,1-4H3. The lowest BCUT2D eigenvalue weighted by molar-refractivity contribution is -0.166. The minimum atomic E-state index is -0.409. The molecule has 0 saturated carbocycles. The fourth-order valence-electron chi connectivity index (χ4n) is 3.82. The summed E-state index contributed by atoms with van der Waals surface area (Å²) in [6.45, 7) is 10.2. The Balaban J connectivity index is 1.39. The predicted octanol–water partition coefficient (Wildman–Crippen LogP) is 3.52. The highest BCUT2D eigenvalue weighted by atomic mass is 16.6. The van der Waals surface area contributed by atoms with E-state index in [2.05, 4.69) is 28.3 Å². The van der Waals surface area contributed by atoms with E-state index in [1.807, 2.05) is 27.7 Å². The van der Waals surface area contributed by atoms with Crippen molar-refractivity contribution in [2.24, 2.45) is 5.92 Å².